The zero-order valence-electron chi connectivity index (χ0n) is 12.7. The molecule has 4 atom stereocenters. The van der Waals surface area contributed by atoms with Crippen molar-refractivity contribution in [1.82, 2.24) is 0 Å². The van der Waals surface area contributed by atoms with Gasteiger partial charge in [-0.25, -0.2) is 0 Å². The Kier molecular flexibility index (Phi) is 2.74. The molecule has 0 bridgehead atoms. The molecule has 0 unspecified atom stereocenters. The van der Waals surface area contributed by atoms with Crippen molar-refractivity contribution in [3.63, 3.8) is 0 Å². The summed E-state index contributed by atoms with van der Waals surface area (Å²) >= 11 is 0. The zero-order valence-corrected chi connectivity index (χ0v) is 12.7. The van der Waals surface area contributed by atoms with E-state index in [1.165, 1.54) is 0 Å². The molecule has 4 aromatic carbocycles. The van der Waals surface area contributed by atoms with Crippen LogP contribution in [0.2, 0.25) is 0 Å². The van der Waals surface area contributed by atoms with Crippen LogP contribution in [0.5, 0.6) is 0 Å². The molecule has 120 valence electrons. The van der Waals surface area contributed by atoms with Gasteiger partial charge in [0.1, 0.15) is 24.4 Å². The van der Waals surface area contributed by atoms with Crippen molar-refractivity contribution in [2.24, 2.45) is 0 Å². The highest BCUT2D eigenvalue weighted by Crippen LogP contribution is 2.45. The molecule has 4 heteroatoms. The maximum atomic E-state index is 10.5. The number of hydrogen-bond donors (Lipinski definition) is 4. The molecule has 0 radical (unpaired) electrons. The molecule has 1 aliphatic carbocycles. The van der Waals surface area contributed by atoms with Crippen LogP contribution in [-0.4, -0.2) is 32.6 Å². The highest BCUT2D eigenvalue weighted by molar-refractivity contribution is 6.23. The van der Waals surface area contributed by atoms with E-state index in [0.717, 1.165) is 32.3 Å². The number of aliphatic hydroxyl groups excluding tert-OH is 4. The summed E-state index contributed by atoms with van der Waals surface area (Å²) in [5.74, 6) is 0. The van der Waals surface area contributed by atoms with Gasteiger partial charge in [0.05, 0.1) is 0 Å². The Labute approximate surface area is 137 Å². The smallest absolute Gasteiger partial charge is 0.113 e. The van der Waals surface area contributed by atoms with E-state index in [2.05, 4.69) is 0 Å². The lowest BCUT2D eigenvalue weighted by Crippen LogP contribution is -2.41. The lowest BCUT2D eigenvalue weighted by Gasteiger charge is -2.35. The quantitative estimate of drug-likeness (QED) is 0.375. The van der Waals surface area contributed by atoms with Crippen molar-refractivity contribution in [2.45, 2.75) is 24.4 Å². The molecular formula is C20H16O4. The Morgan fingerprint density at radius 1 is 0.625 bits per heavy atom. The Hall–Kier alpha value is -2.24. The van der Waals surface area contributed by atoms with Crippen molar-refractivity contribution in [3.8, 4) is 0 Å². The molecule has 0 fully saturated rings. The van der Waals surface area contributed by atoms with Gasteiger partial charge in [0, 0.05) is 0 Å². The third-order valence-corrected chi connectivity index (χ3v) is 5.33. The number of fused-ring (bicyclic) bond motifs is 2. The van der Waals surface area contributed by atoms with Crippen LogP contribution < -0.4 is 0 Å². The molecule has 0 aliphatic heterocycles. The maximum Gasteiger partial charge on any atom is 0.113 e. The van der Waals surface area contributed by atoms with Crippen molar-refractivity contribution in [2.75, 3.05) is 0 Å². The van der Waals surface area contributed by atoms with Gasteiger partial charge < -0.3 is 20.4 Å². The van der Waals surface area contributed by atoms with E-state index in [4.69, 9.17) is 0 Å². The van der Waals surface area contributed by atoms with Crippen LogP contribution in [0.4, 0.5) is 0 Å². The molecule has 5 rings (SSSR count). The van der Waals surface area contributed by atoms with Crippen LogP contribution >= 0.6 is 0 Å². The first-order valence-electron chi connectivity index (χ1n) is 8.00. The topological polar surface area (TPSA) is 80.9 Å². The van der Waals surface area contributed by atoms with Gasteiger partial charge in [-0.1, -0.05) is 42.5 Å². The third kappa shape index (κ3) is 1.61. The van der Waals surface area contributed by atoms with Crippen LogP contribution in [0, 0.1) is 0 Å². The van der Waals surface area contributed by atoms with Gasteiger partial charge in [-0.3, -0.25) is 0 Å². The minimum absolute atomic E-state index is 0.478. The number of benzene rings is 4. The van der Waals surface area contributed by atoms with Gasteiger partial charge in [-0.2, -0.15) is 0 Å². The van der Waals surface area contributed by atoms with E-state index in [1.807, 2.05) is 48.5 Å². The van der Waals surface area contributed by atoms with Crippen LogP contribution in [0.25, 0.3) is 32.3 Å². The molecule has 0 saturated carbocycles. The monoisotopic (exact) mass is 320 g/mol. The molecule has 4 N–H and O–H groups in total. The summed E-state index contributed by atoms with van der Waals surface area (Å²) in [6, 6.07) is 15.8. The molecule has 1 aliphatic rings. The minimum atomic E-state index is -1.41. The number of aliphatic hydroxyl groups is 4. The molecule has 0 spiro atoms. The van der Waals surface area contributed by atoms with E-state index in [1.54, 1.807) is 0 Å². The molecule has 4 nitrogen and oxygen atoms in total. The highest BCUT2D eigenvalue weighted by atomic mass is 16.4. The highest BCUT2D eigenvalue weighted by Gasteiger charge is 2.41. The van der Waals surface area contributed by atoms with Gasteiger partial charge in [0.25, 0.3) is 0 Å². The van der Waals surface area contributed by atoms with Gasteiger partial charge in [-0.05, 0) is 49.5 Å². The molecule has 0 amide bonds. The van der Waals surface area contributed by atoms with Gasteiger partial charge in [0.2, 0.25) is 0 Å². The lowest BCUT2D eigenvalue weighted by molar-refractivity contribution is -0.119. The Bertz CT molecular complexity index is 1070. The van der Waals surface area contributed by atoms with Crippen LogP contribution in [0.15, 0.2) is 48.5 Å². The average Bonchev–Trinajstić information content (AvgIpc) is 2.62. The van der Waals surface area contributed by atoms with Crippen molar-refractivity contribution >= 4 is 32.3 Å². The maximum absolute atomic E-state index is 10.5. The summed E-state index contributed by atoms with van der Waals surface area (Å²) in [5, 5.41) is 47.1. The Morgan fingerprint density at radius 3 is 2.00 bits per heavy atom. The van der Waals surface area contributed by atoms with Gasteiger partial charge >= 0.3 is 0 Å². The Balaban J connectivity index is 2.01. The zero-order chi connectivity index (χ0) is 16.6. The van der Waals surface area contributed by atoms with E-state index in [9.17, 15) is 20.4 Å². The molecule has 24 heavy (non-hydrogen) atoms. The van der Waals surface area contributed by atoms with Crippen LogP contribution in [-0.2, 0) is 0 Å². The van der Waals surface area contributed by atoms with Crippen molar-refractivity contribution < 1.29 is 20.4 Å². The number of rotatable bonds is 0. The molecule has 4 aromatic rings. The second kappa shape index (κ2) is 4.65. The summed E-state index contributed by atoms with van der Waals surface area (Å²) in [7, 11) is 0. The van der Waals surface area contributed by atoms with Crippen LogP contribution in [0.3, 0.4) is 0 Å². The second-order valence-corrected chi connectivity index (χ2v) is 6.61. The van der Waals surface area contributed by atoms with Gasteiger partial charge in [0.15, 0.2) is 0 Å². The summed E-state index contributed by atoms with van der Waals surface area (Å²) in [5.41, 5.74) is 0.984. The summed E-state index contributed by atoms with van der Waals surface area (Å²) in [4.78, 5) is 0. The minimum Gasteiger partial charge on any atom is -0.387 e. The summed E-state index contributed by atoms with van der Waals surface area (Å²) in [6.07, 6.45) is -5.27. The fourth-order valence-corrected chi connectivity index (χ4v) is 4.16. The fraction of sp³-hybridized carbons (Fsp3) is 0.200. The van der Waals surface area contributed by atoms with E-state index < -0.39 is 24.4 Å². The van der Waals surface area contributed by atoms with Gasteiger partial charge in [-0.15, -0.1) is 0 Å². The molecule has 0 saturated heterocycles. The van der Waals surface area contributed by atoms with Crippen LogP contribution in [0.1, 0.15) is 23.3 Å². The average molecular weight is 320 g/mol. The summed E-state index contributed by atoms with van der Waals surface area (Å²) < 4.78 is 0. The predicted octanol–water partition coefficient (Wildman–Crippen LogP) is 2.39. The molecular weight excluding hydrogens is 304 g/mol. The summed E-state index contributed by atoms with van der Waals surface area (Å²) in [6.45, 7) is 0. The Morgan fingerprint density at radius 2 is 1.25 bits per heavy atom. The van der Waals surface area contributed by atoms with E-state index in [-0.39, 0.29) is 0 Å². The van der Waals surface area contributed by atoms with E-state index >= 15 is 0 Å². The number of hydrogen-bond acceptors (Lipinski definition) is 4. The largest absolute Gasteiger partial charge is 0.387 e. The first-order valence-corrected chi connectivity index (χ1v) is 8.00. The predicted molar refractivity (Wildman–Crippen MR) is 92.1 cm³/mol. The normalized spacial score (nSPS) is 27.2. The lowest BCUT2D eigenvalue weighted by atomic mass is 9.78. The third-order valence-electron chi connectivity index (χ3n) is 5.33. The van der Waals surface area contributed by atoms with Crippen molar-refractivity contribution in [1.29, 1.82) is 0 Å². The first-order chi connectivity index (χ1) is 11.6. The van der Waals surface area contributed by atoms with E-state index in [0.29, 0.717) is 11.1 Å². The fourth-order valence-electron chi connectivity index (χ4n) is 4.16. The SMILES string of the molecule is O[C@@H]1[C@@H](O)[C@H](O)c2c(cc3ccc4cccc5ccc2c3c45)[C@H]1O. The van der Waals surface area contributed by atoms with Crippen molar-refractivity contribution in [3.05, 3.63) is 59.7 Å². The molecule has 0 heterocycles. The second-order valence-electron chi connectivity index (χ2n) is 6.61. The standard InChI is InChI=1S/C20H16O4/c21-17-13-8-11-5-4-9-2-1-3-10-6-7-12(15(11)14(9)10)16(13)18(22)20(24)19(17)23/h1-8,17-24H/t17-,18-,19+,20+/m1/s1. The molecule has 0 aromatic heterocycles. The first kappa shape index (κ1) is 14.1.